The molecule has 22 heteroatoms. The Morgan fingerprint density at radius 3 is 1.41 bits per heavy atom. The largest absolute Gasteiger partial charge is 0.480 e. The molecule has 0 saturated carbocycles. The molecule has 0 aliphatic carbocycles. The van der Waals surface area contributed by atoms with Crippen molar-refractivity contribution in [1.29, 1.82) is 0 Å². The number of nitrogens with zero attached hydrogens (tertiary/aromatic N) is 2. The van der Waals surface area contributed by atoms with Crippen LogP contribution < -0.4 is 49.1 Å². The van der Waals surface area contributed by atoms with Gasteiger partial charge in [-0.1, -0.05) is 27.7 Å². The fourth-order valence-electron chi connectivity index (χ4n) is 6.31. The minimum atomic E-state index is -1.68. The normalized spacial score (nSPS) is 15.3. The van der Waals surface area contributed by atoms with Crippen molar-refractivity contribution in [3.63, 3.8) is 0 Å². The van der Waals surface area contributed by atoms with Crippen molar-refractivity contribution in [2.75, 3.05) is 13.1 Å². The number of aliphatic carboxylic acids is 1. The minimum Gasteiger partial charge on any atom is -0.480 e. The van der Waals surface area contributed by atoms with Gasteiger partial charge in [0.2, 0.25) is 35.4 Å². The lowest BCUT2D eigenvalue weighted by Crippen LogP contribution is -2.61. The zero-order valence-electron chi connectivity index (χ0n) is 35.7. The van der Waals surface area contributed by atoms with E-state index in [1.165, 1.54) is 32.0 Å². The lowest BCUT2D eigenvalue weighted by molar-refractivity contribution is -0.145. The van der Waals surface area contributed by atoms with Crippen molar-refractivity contribution >= 4 is 41.4 Å². The minimum absolute atomic E-state index is 0.0109. The Bertz CT molecular complexity index is 1670. The van der Waals surface area contributed by atoms with Crippen LogP contribution >= 0.6 is 0 Å². The van der Waals surface area contributed by atoms with E-state index in [0.717, 1.165) is 0 Å². The number of hydrogen-bond acceptors (Lipinski definition) is 13. The summed E-state index contributed by atoms with van der Waals surface area (Å²) >= 11 is 0. The number of aliphatic hydroxyl groups excluding tert-OH is 1. The Morgan fingerprint density at radius 2 is 1.02 bits per heavy atom. The van der Waals surface area contributed by atoms with Crippen LogP contribution in [0.5, 0.6) is 0 Å². The summed E-state index contributed by atoms with van der Waals surface area (Å²) in [6.45, 7) is 8.95. The zero-order chi connectivity index (χ0) is 45.6. The summed E-state index contributed by atoms with van der Waals surface area (Å²) < 4.78 is 0. The number of carbonyl (C=O) groups is 7. The molecular weight excluding hydrogens is 795 g/mol. The van der Waals surface area contributed by atoms with Crippen LogP contribution in [0.15, 0.2) is 25.0 Å². The first kappa shape index (κ1) is 51.7. The van der Waals surface area contributed by atoms with Gasteiger partial charge in [0.25, 0.3) is 0 Å². The van der Waals surface area contributed by atoms with Crippen LogP contribution in [0.2, 0.25) is 0 Å². The lowest BCUT2D eigenvalue weighted by atomic mass is 10.00. The summed E-state index contributed by atoms with van der Waals surface area (Å²) in [4.78, 5) is 108. The molecule has 0 aliphatic heterocycles. The van der Waals surface area contributed by atoms with Gasteiger partial charge in [-0.25, -0.2) is 14.8 Å². The highest BCUT2D eigenvalue weighted by Gasteiger charge is 2.35. The summed E-state index contributed by atoms with van der Waals surface area (Å²) in [7, 11) is 0. The number of aromatic amines is 2. The van der Waals surface area contributed by atoms with E-state index in [2.05, 4.69) is 51.8 Å². The second-order valence-electron chi connectivity index (χ2n) is 15.9. The van der Waals surface area contributed by atoms with E-state index in [9.17, 15) is 43.8 Å². The number of rotatable bonds is 29. The number of nitrogens with two attached hydrogens (primary N) is 3. The monoisotopic (exact) mass is 862 g/mol. The quantitative estimate of drug-likeness (QED) is 0.0379. The molecule has 0 bridgehead atoms. The van der Waals surface area contributed by atoms with Crippen LogP contribution in [0.1, 0.15) is 91.0 Å². The molecule has 8 atom stereocenters. The van der Waals surface area contributed by atoms with Gasteiger partial charge >= 0.3 is 5.97 Å². The number of carbonyl (C=O) groups excluding carboxylic acids is 6. The summed E-state index contributed by atoms with van der Waals surface area (Å²) in [5.74, 6) is -6.28. The molecule has 0 unspecified atom stereocenters. The third-order valence-electron chi connectivity index (χ3n) is 9.74. The summed E-state index contributed by atoms with van der Waals surface area (Å²) in [5, 5.41) is 35.2. The molecule has 22 nitrogen and oxygen atoms in total. The van der Waals surface area contributed by atoms with Crippen LogP contribution in [0.25, 0.3) is 0 Å². The molecule has 0 aromatic carbocycles. The zero-order valence-corrected chi connectivity index (χ0v) is 35.7. The topological polar surface area (TPSA) is 368 Å². The van der Waals surface area contributed by atoms with Crippen LogP contribution in [0.3, 0.4) is 0 Å². The summed E-state index contributed by atoms with van der Waals surface area (Å²) in [5.41, 5.74) is 18.5. The first-order chi connectivity index (χ1) is 28.9. The molecule has 0 saturated heterocycles. The van der Waals surface area contributed by atoms with Gasteiger partial charge in [0, 0.05) is 36.6 Å². The maximum Gasteiger partial charge on any atom is 0.328 e. The summed E-state index contributed by atoms with van der Waals surface area (Å²) in [6, 6.07) is -8.70. The molecule has 2 rings (SSSR count). The number of imidazole rings is 2. The van der Waals surface area contributed by atoms with Gasteiger partial charge in [0.05, 0.1) is 24.8 Å². The number of H-pyrrole nitrogens is 2. The van der Waals surface area contributed by atoms with E-state index < -0.39 is 95.7 Å². The smallest absolute Gasteiger partial charge is 0.328 e. The van der Waals surface area contributed by atoms with E-state index in [0.29, 0.717) is 56.6 Å². The predicted octanol–water partition coefficient (Wildman–Crippen LogP) is -2.42. The van der Waals surface area contributed by atoms with E-state index >= 15 is 0 Å². The highest BCUT2D eigenvalue weighted by atomic mass is 16.4. The molecule has 2 heterocycles. The van der Waals surface area contributed by atoms with Gasteiger partial charge in [-0.3, -0.25) is 28.8 Å². The van der Waals surface area contributed by atoms with E-state index in [1.54, 1.807) is 13.8 Å². The molecular formula is C39H67N13O9. The van der Waals surface area contributed by atoms with Gasteiger partial charge in [0.15, 0.2) is 6.04 Å². The average Bonchev–Trinajstić information content (AvgIpc) is 3.91. The molecule has 2 aromatic rings. The van der Waals surface area contributed by atoms with Crippen molar-refractivity contribution in [3.8, 4) is 0 Å². The molecule has 6 amide bonds. The lowest BCUT2D eigenvalue weighted by Gasteiger charge is -2.29. The number of aromatic nitrogens is 4. The SMILES string of the molecule is CC(C)C[C@H](N)C(=O)N[C@@H](Cc1cnc[nH]1)C(=O)N[C@@H](CCCCN)C(=O)N[C@@H](CCCCN)C(=O)N[C@H](C(=O)N[C@@H](Cc1cnc[nH]1)C(=O)N[C@H](C(=O)O)[C@@H](C)O)C(C)C. The number of carboxylic acids is 1. The molecule has 2 aromatic heterocycles. The maximum atomic E-state index is 14.0. The highest BCUT2D eigenvalue weighted by molar-refractivity contribution is 5.97. The molecule has 342 valence electrons. The Labute approximate surface area is 355 Å². The van der Waals surface area contributed by atoms with Crippen LogP contribution in [-0.4, -0.2) is 133 Å². The molecule has 0 spiro atoms. The van der Waals surface area contributed by atoms with Crippen molar-refractivity contribution in [1.82, 2.24) is 51.8 Å². The number of unbranched alkanes of at least 4 members (excludes halogenated alkanes) is 2. The van der Waals surface area contributed by atoms with E-state index in [4.69, 9.17) is 17.2 Å². The number of hydrogen-bond donors (Lipinski definition) is 13. The first-order valence-electron chi connectivity index (χ1n) is 20.7. The Balaban J connectivity index is 2.35. The molecule has 61 heavy (non-hydrogen) atoms. The molecule has 0 fully saturated rings. The first-order valence-corrected chi connectivity index (χ1v) is 20.7. The fourth-order valence-corrected chi connectivity index (χ4v) is 6.31. The molecule has 16 N–H and O–H groups in total. The Hall–Kier alpha value is -5.45. The Morgan fingerprint density at radius 1 is 0.607 bits per heavy atom. The highest BCUT2D eigenvalue weighted by Crippen LogP contribution is 2.11. The van der Waals surface area contributed by atoms with Gasteiger partial charge in [-0.05, 0) is 76.8 Å². The summed E-state index contributed by atoms with van der Waals surface area (Å²) in [6.07, 6.45) is 6.60. The van der Waals surface area contributed by atoms with Crippen molar-refractivity contribution < 1.29 is 43.8 Å². The Kier molecular flexibility index (Phi) is 22.6. The number of aliphatic hydroxyl groups is 1. The van der Waals surface area contributed by atoms with Gasteiger partial charge < -0.3 is 69.3 Å². The third-order valence-corrected chi connectivity index (χ3v) is 9.74. The van der Waals surface area contributed by atoms with Gasteiger partial charge in [-0.15, -0.1) is 0 Å². The third kappa shape index (κ3) is 18.4. The van der Waals surface area contributed by atoms with Crippen LogP contribution in [0, 0.1) is 11.8 Å². The second-order valence-corrected chi connectivity index (χ2v) is 15.9. The predicted molar refractivity (Wildman–Crippen MR) is 224 cm³/mol. The van der Waals surface area contributed by atoms with E-state index in [1.807, 2.05) is 13.8 Å². The van der Waals surface area contributed by atoms with Crippen molar-refractivity contribution in [2.24, 2.45) is 29.0 Å². The van der Waals surface area contributed by atoms with Gasteiger partial charge in [0.1, 0.15) is 30.2 Å². The van der Waals surface area contributed by atoms with Crippen molar-refractivity contribution in [2.45, 2.75) is 141 Å². The number of nitrogens with one attached hydrogen (secondary N) is 8. The standard InChI is InChI=1S/C39H67N13O9/c1-21(2)14-26(42)33(54)49-29(15-24-17-43-19-45-24)36(57)48-27(10-6-8-12-40)34(55)47-28(11-7-9-13-41)35(56)51-31(22(3)4)38(59)50-30(16-25-18-44-20-46-25)37(58)52-32(23(5)53)39(60)61/h17-23,26-32,53H,6-16,40-42H2,1-5H3,(H,43,45)(H,44,46)(H,47,55)(H,48,57)(H,49,54)(H,50,59)(H,51,56)(H,52,58)(H,60,61)/t23-,26+,27+,28+,29+,30+,31+,32+/m1/s1. The number of carboxylic acid groups (broad SMARTS) is 1. The molecule has 0 radical (unpaired) electrons. The van der Waals surface area contributed by atoms with Crippen LogP contribution in [-0.2, 0) is 46.4 Å². The maximum absolute atomic E-state index is 14.0. The second kappa shape index (κ2) is 26.7. The fraction of sp³-hybridized carbons (Fsp3) is 0.667. The van der Waals surface area contributed by atoms with Gasteiger partial charge in [-0.2, -0.15) is 0 Å². The molecule has 0 aliphatic rings. The van der Waals surface area contributed by atoms with E-state index in [-0.39, 0.29) is 31.6 Å². The average molecular weight is 862 g/mol. The number of amides is 6. The van der Waals surface area contributed by atoms with Crippen molar-refractivity contribution in [3.05, 3.63) is 36.4 Å². The van der Waals surface area contributed by atoms with Crippen LogP contribution in [0.4, 0.5) is 0 Å².